The number of carbonyl (C=O) groups excluding carboxylic acids is 1. The second kappa shape index (κ2) is 8.04. The van der Waals surface area contributed by atoms with Crippen molar-refractivity contribution in [3.8, 4) is 0 Å². The fraction of sp³-hybridized carbons (Fsp3) is 0.368. The summed E-state index contributed by atoms with van der Waals surface area (Å²) in [6.07, 6.45) is 4.30. The second-order valence-electron chi connectivity index (χ2n) is 6.13. The highest BCUT2D eigenvalue weighted by atomic mass is 16.3. The predicted octanol–water partition coefficient (Wildman–Crippen LogP) is 1.92. The van der Waals surface area contributed by atoms with Crippen LogP contribution in [0.2, 0.25) is 0 Å². The van der Waals surface area contributed by atoms with E-state index in [9.17, 15) is 4.79 Å². The lowest BCUT2D eigenvalue weighted by Gasteiger charge is -2.22. The van der Waals surface area contributed by atoms with Crippen LogP contribution in [0.3, 0.4) is 0 Å². The molecule has 1 fully saturated rings. The SMILES string of the molecule is O=C(c1ccncc1)N1CCCN(Cc2ccc(CO)cc2)CC1. The average Bonchev–Trinajstić information content (AvgIpc) is 2.88. The number of aromatic nitrogens is 1. The van der Waals surface area contributed by atoms with E-state index in [1.807, 2.05) is 17.0 Å². The van der Waals surface area contributed by atoms with Gasteiger partial charge in [-0.1, -0.05) is 24.3 Å². The lowest BCUT2D eigenvalue weighted by Crippen LogP contribution is -2.35. The van der Waals surface area contributed by atoms with Crippen LogP contribution in [-0.4, -0.2) is 52.0 Å². The quantitative estimate of drug-likeness (QED) is 0.933. The van der Waals surface area contributed by atoms with Crippen molar-refractivity contribution in [2.45, 2.75) is 19.6 Å². The molecule has 1 N–H and O–H groups in total. The minimum absolute atomic E-state index is 0.0794. The number of aliphatic hydroxyl groups excluding tert-OH is 1. The summed E-state index contributed by atoms with van der Waals surface area (Å²) in [6, 6.07) is 11.6. The molecule has 1 aromatic heterocycles. The lowest BCUT2D eigenvalue weighted by molar-refractivity contribution is 0.0761. The van der Waals surface area contributed by atoms with Crippen molar-refractivity contribution in [2.75, 3.05) is 26.2 Å². The molecule has 3 rings (SSSR count). The summed E-state index contributed by atoms with van der Waals surface area (Å²) in [5, 5.41) is 9.11. The summed E-state index contributed by atoms with van der Waals surface area (Å²) in [5.74, 6) is 0.0894. The van der Waals surface area contributed by atoms with E-state index in [0.29, 0.717) is 5.56 Å². The van der Waals surface area contributed by atoms with Gasteiger partial charge < -0.3 is 10.0 Å². The van der Waals surface area contributed by atoms with E-state index in [1.165, 1.54) is 5.56 Å². The minimum atomic E-state index is 0.0794. The van der Waals surface area contributed by atoms with Crippen molar-refractivity contribution in [3.63, 3.8) is 0 Å². The Kier molecular flexibility index (Phi) is 5.56. The van der Waals surface area contributed by atoms with Crippen LogP contribution < -0.4 is 0 Å². The van der Waals surface area contributed by atoms with Crippen LogP contribution >= 0.6 is 0 Å². The van der Waals surface area contributed by atoms with Gasteiger partial charge in [0, 0.05) is 50.7 Å². The highest BCUT2D eigenvalue weighted by molar-refractivity contribution is 5.94. The van der Waals surface area contributed by atoms with E-state index in [1.54, 1.807) is 24.5 Å². The van der Waals surface area contributed by atoms with Crippen molar-refractivity contribution in [3.05, 3.63) is 65.5 Å². The van der Waals surface area contributed by atoms with E-state index in [4.69, 9.17) is 5.11 Å². The van der Waals surface area contributed by atoms with Crippen LogP contribution in [0.5, 0.6) is 0 Å². The fourth-order valence-corrected chi connectivity index (χ4v) is 3.02. The summed E-state index contributed by atoms with van der Waals surface area (Å²) in [4.78, 5) is 20.8. The van der Waals surface area contributed by atoms with Crippen LogP contribution in [0.25, 0.3) is 0 Å². The Bertz CT molecular complexity index is 658. The first kappa shape index (κ1) is 16.6. The molecule has 0 spiro atoms. The molecule has 1 aliphatic rings. The zero-order valence-electron chi connectivity index (χ0n) is 13.8. The number of hydrogen-bond donors (Lipinski definition) is 1. The molecule has 1 amide bonds. The molecule has 0 atom stereocenters. The van der Waals surface area contributed by atoms with Crippen LogP contribution in [0.15, 0.2) is 48.8 Å². The molecule has 5 heteroatoms. The maximum atomic E-state index is 12.5. The topological polar surface area (TPSA) is 56.7 Å². The van der Waals surface area contributed by atoms with Gasteiger partial charge in [0.1, 0.15) is 0 Å². The third-order valence-electron chi connectivity index (χ3n) is 4.41. The third-order valence-corrected chi connectivity index (χ3v) is 4.41. The van der Waals surface area contributed by atoms with E-state index < -0.39 is 0 Å². The maximum absolute atomic E-state index is 12.5. The van der Waals surface area contributed by atoms with Crippen molar-refractivity contribution in [1.29, 1.82) is 0 Å². The first-order chi connectivity index (χ1) is 11.8. The van der Waals surface area contributed by atoms with E-state index >= 15 is 0 Å². The molecule has 24 heavy (non-hydrogen) atoms. The average molecular weight is 325 g/mol. The molecular formula is C19H23N3O2. The van der Waals surface area contributed by atoms with Gasteiger partial charge in [-0.15, -0.1) is 0 Å². The molecule has 1 aliphatic heterocycles. The van der Waals surface area contributed by atoms with Crippen LogP contribution in [-0.2, 0) is 13.2 Å². The summed E-state index contributed by atoms with van der Waals surface area (Å²) in [5.41, 5.74) is 2.88. The molecule has 2 heterocycles. The number of rotatable bonds is 4. The van der Waals surface area contributed by atoms with E-state index in [2.05, 4.69) is 22.0 Å². The molecule has 0 aliphatic carbocycles. The van der Waals surface area contributed by atoms with Crippen molar-refractivity contribution in [1.82, 2.24) is 14.8 Å². The second-order valence-corrected chi connectivity index (χ2v) is 6.13. The largest absolute Gasteiger partial charge is 0.392 e. The number of aliphatic hydroxyl groups is 1. The van der Waals surface area contributed by atoms with Gasteiger partial charge in [-0.3, -0.25) is 14.7 Å². The number of hydrogen-bond acceptors (Lipinski definition) is 4. The first-order valence-corrected chi connectivity index (χ1v) is 8.36. The highest BCUT2D eigenvalue weighted by Crippen LogP contribution is 2.12. The van der Waals surface area contributed by atoms with Gasteiger partial charge in [-0.25, -0.2) is 0 Å². The van der Waals surface area contributed by atoms with Crippen molar-refractivity contribution < 1.29 is 9.90 Å². The molecule has 2 aromatic rings. The van der Waals surface area contributed by atoms with Crippen LogP contribution in [0.4, 0.5) is 0 Å². The van der Waals surface area contributed by atoms with Gasteiger partial charge in [0.2, 0.25) is 0 Å². The van der Waals surface area contributed by atoms with Gasteiger partial charge in [0.25, 0.3) is 5.91 Å². The summed E-state index contributed by atoms with van der Waals surface area (Å²) in [6.45, 7) is 4.36. The van der Waals surface area contributed by atoms with Crippen molar-refractivity contribution in [2.24, 2.45) is 0 Å². The molecule has 126 valence electrons. The summed E-state index contributed by atoms with van der Waals surface area (Å²) in [7, 11) is 0. The number of benzene rings is 1. The van der Waals surface area contributed by atoms with Crippen LogP contribution in [0, 0.1) is 0 Å². The smallest absolute Gasteiger partial charge is 0.254 e. The number of carbonyl (C=O) groups is 1. The fourth-order valence-electron chi connectivity index (χ4n) is 3.02. The lowest BCUT2D eigenvalue weighted by atomic mass is 10.1. The minimum Gasteiger partial charge on any atom is -0.392 e. The Morgan fingerprint density at radius 2 is 1.67 bits per heavy atom. The standard InChI is InChI=1S/C19H23N3O2/c23-15-17-4-2-16(3-5-17)14-21-10-1-11-22(13-12-21)19(24)18-6-8-20-9-7-18/h2-9,23H,1,10-15H2. The molecule has 0 bridgehead atoms. The Labute approximate surface area is 142 Å². The number of pyridine rings is 1. The Morgan fingerprint density at radius 1 is 0.958 bits per heavy atom. The first-order valence-electron chi connectivity index (χ1n) is 8.36. The monoisotopic (exact) mass is 325 g/mol. The molecule has 1 saturated heterocycles. The Morgan fingerprint density at radius 3 is 2.38 bits per heavy atom. The number of nitrogens with zero attached hydrogens (tertiary/aromatic N) is 3. The van der Waals surface area contributed by atoms with Gasteiger partial charge in [-0.05, 0) is 29.7 Å². The highest BCUT2D eigenvalue weighted by Gasteiger charge is 2.20. The van der Waals surface area contributed by atoms with E-state index in [0.717, 1.165) is 44.7 Å². The molecule has 1 aromatic carbocycles. The maximum Gasteiger partial charge on any atom is 0.254 e. The Balaban J connectivity index is 1.57. The third kappa shape index (κ3) is 4.19. The molecule has 5 nitrogen and oxygen atoms in total. The summed E-state index contributed by atoms with van der Waals surface area (Å²) < 4.78 is 0. The van der Waals surface area contributed by atoms with E-state index in [-0.39, 0.29) is 12.5 Å². The normalized spacial score (nSPS) is 16.0. The summed E-state index contributed by atoms with van der Waals surface area (Å²) >= 11 is 0. The zero-order valence-corrected chi connectivity index (χ0v) is 13.8. The van der Waals surface area contributed by atoms with Gasteiger partial charge >= 0.3 is 0 Å². The number of amides is 1. The Hall–Kier alpha value is -2.24. The van der Waals surface area contributed by atoms with Gasteiger partial charge in [0.15, 0.2) is 0 Å². The molecule has 0 radical (unpaired) electrons. The predicted molar refractivity (Wildman–Crippen MR) is 92.4 cm³/mol. The van der Waals surface area contributed by atoms with Gasteiger partial charge in [-0.2, -0.15) is 0 Å². The van der Waals surface area contributed by atoms with Crippen molar-refractivity contribution >= 4 is 5.91 Å². The zero-order chi connectivity index (χ0) is 16.8. The van der Waals surface area contributed by atoms with Gasteiger partial charge in [0.05, 0.1) is 6.61 Å². The molecule has 0 saturated carbocycles. The molecular weight excluding hydrogens is 302 g/mol. The van der Waals surface area contributed by atoms with Crippen LogP contribution in [0.1, 0.15) is 27.9 Å². The molecule has 0 unspecified atom stereocenters.